The highest BCUT2D eigenvalue weighted by Crippen LogP contribution is 2.37. The number of hydrogen-bond donors (Lipinski definition) is 2. The van der Waals surface area contributed by atoms with Gasteiger partial charge in [-0.25, -0.2) is 9.37 Å². The van der Waals surface area contributed by atoms with Crippen molar-refractivity contribution in [1.29, 1.82) is 0 Å². The third kappa shape index (κ3) is 4.20. The van der Waals surface area contributed by atoms with Crippen molar-refractivity contribution >= 4 is 17.4 Å². The zero-order chi connectivity index (χ0) is 24.7. The summed E-state index contributed by atoms with van der Waals surface area (Å²) in [5, 5.41) is 5.65. The van der Waals surface area contributed by atoms with E-state index < -0.39 is 23.5 Å². The van der Waals surface area contributed by atoms with Crippen molar-refractivity contribution in [1.82, 2.24) is 14.5 Å². The Bertz CT molecular complexity index is 1490. The van der Waals surface area contributed by atoms with Gasteiger partial charge in [0.1, 0.15) is 17.5 Å². The van der Waals surface area contributed by atoms with E-state index in [0.29, 0.717) is 35.7 Å². The number of anilines is 2. The second-order valence-corrected chi connectivity index (χ2v) is 7.88. The summed E-state index contributed by atoms with van der Waals surface area (Å²) >= 11 is 0. The van der Waals surface area contributed by atoms with Crippen LogP contribution in [0.15, 0.2) is 59.7 Å². The molecule has 2 N–H and O–H groups in total. The maximum Gasteiger partial charge on any atom is 0.416 e. The van der Waals surface area contributed by atoms with E-state index in [1.807, 2.05) is 10.6 Å². The first kappa shape index (κ1) is 22.5. The fourth-order valence-electron chi connectivity index (χ4n) is 4.03. The van der Waals surface area contributed by atoms with E-state index in [1.54, 1.807) is 13.2 Å². The lowest BCUT2D eigenvalue weighted by Crippen LogP contribution is -2.17. The van der Waals surface area contributed by atoms with Crippen molar-refractivity contribution < 1.29 is 22.4 Å². The van der Waals surface area contributed by atoms with Crippen molar-refractivity contribution in [3.8, 4) is 22.5 Å². The predicted molar refractivity (Wildman–Crippen MR) is 121 cm³/mol. The Kier molecular flexibility index (Phi) is 5.46. The van der Waals surface area contributed by atoms with E-state index in [9.17, 15) is 22.4 Å². The molecule has 0 bridgehead atoms. The summed E-state index contributed by atoms with van der Waals surface area (Å²) in [6.45, 7) is 1.29. The van der Waals surface area contributed by atoms with Gasteiger partial charge in [-0.3, -0.25) is 9.79 Å². The monoisotopic (exact) mass is 482 g/mol. The van der Waals surface area contributed by atoms with Crippen LogP contribution >= 0.6 is 0 Å². The number of benzene rings is 2. The molecular formula is C24H18F4N6O. The summed E-state index contributed by atoms with van der Waals surface area (Å²) in [5.74, 6) is -0.226. The Morgan fingerprint density at radius 3 is 2.74 bits per heavy atom. The molecule has 2 aromatic rings. The molecule has 11 heteroatoms. The van der Waals surface area contributed by atoms with E-state index in [4.69, 9.17) is 0 Å². The van der Waals surface area contributed by atoms with Crippen LogP contribution in [0.4, 0.5) is 29.1 Å². The summed E-state index contributed by atoms with van der Waals surface area (Å²) in [6, 6.07) is 10.1. The van der Waals surface area contributed by atoms with E-state index in [2.05, 4.69) is 25.6 Å². The average Bonchev–Trinajstić information content (AvgIpc) is 3.33. The van der Waals surface area contributed by atoms with Gasteiger partial charge in [-0.15, -0.1) is 0 Å². The first-order valence-electron chi connectivity index (χ1n) is 10.6. The molecule has 0 saturated carbocycles. The molecular weight excluding hydrogens is 464 g/mol. The summed E-state index contributed by atoms with van der Waals surface area (Å²) in [5.41, 5.74) is 1.03. The molecule has 0 spiro atoms. The number of carbonyl (C=O) groups is 1. The Balaban J connectivity index is 1.54. The quantitative estimate of drug-likeness (QED) is 0.424. The molecule has 3 heterocycles. The lowest BCUT2D eigenvalue weighted by Gasteiger charge is -2.17. The highest BCUT2D eigenvalue weighted by molar-refractivity contribution is 6.05. The molecule has 35 heavy (non-hydrogen) atoms. The molecule has 0 radical (unpaired) electrons. The molecule has 0 aliphatic carbocycles. The molecule has 5 rings (SSSR count). The highest BCUT2D eigenvalue weighted by atomic mass is 19.4. The summed E-state index contributed by atoms with van der Waals surface area (Å²) in [7, 11) is 1.60. The zero-order valence-electron chi connectivity index (χ0n) is 18.3. The lowest BCUT2D eigenvalue weighted by atomic mass is 10.0. The minimum absolute atomic E-state index is 0.0901. The number of alkyl halides is 3. The largest absolute Gasteiger partial charge is 0.416 e. The molecule has 1 amide bonds. The van der Waals surface area contributed by atoms with E-state index >= 15 is 0 Å². The molecule has 178 valence electrons. The predicted octanol–water partition coefficient (Wildman–Crippen LogP) is 4.42. The normalized spacial score (nSPS) is 13.6. The first-order chi connectivity index (χ1) is 16.7. The maximum absolute atomic E-state index is 14.6. The smallest absolute Gasteiger partial charge is 0.369 e. The zero-order valence-corrected chi connectivity index (χ0v) is 18.3. The van der Waals surface area contributed by atoms with Crippen LogP contribution in [0, 0.1) is 5.82 Å². The minimum atomic E-state index is -4.57. The van der Waals surface area contributed by atoms with Gasteiger partial charge in [-0.1, -0.05) is 12.1 Å². The van der Waals surface area contributed by atoms with E-state index in [0.717, 1.165) is 29.6 Å². The van der Waals surface area contributed by atoms with Gasteiger partial charge in [0.05, 0.1) is 11.1 Å². The van der Waals surface area contributed by atoms with Crippen LogP contribution < -0.4 is 16.3 Å². The van der Waals surface area contributed by atoms with Gasteiger partial charge >= 0.3 is 6.18 Å². The van der Waals surface area contributed by atoms with Gasteiger partial charge in [-0.05, 0) is 42.0 Å². The second-order valence-electron chi connectivity index (χ2n) is 7.88. The molecule has 7 nitrogen and oxygen atoms in total. The highest BCUT2D eigenvalue weighted by Gasteiger charge is 2.30. The van der Waals surface area contributed by atoms with Crippen LogP contribution in [-0.4, -0.2) is 34.0 Å². The van der Waals surface area contributed by atoms with Crippen LogP contribution in [0.5, 0.6) is 0 Å². The number of nitrogens with zero attached hydrogens (tertiary/aromatic N) is 4. The van der Waals surface area contributed by atoms with Crippen LogP contribution in [0.1, 0.15) is 15.9 Å². The number of fused-ring (bicyclic) bond motifs is 3. The van der Waals surface area contributed by atoms with Gasteiger partial charge in [0.2, 0.25) is 5.62 Å². The number of rotatable bonds is 3. The van der Waals surface area contributed by atoms with Gasteiger partial charge in [0, 0.05) is 43.1 Å². The fraction of sp³-hybridized carbons (Fsp3) is 0.167. The van der Waals surface area contributed by atoms with E-state index in [1.165, 1.54) is 24.3 Å². The van der Waals surface area contributed by atoms with Crippen LogP contribution in [0.3, 0.4) is 0 Å². The number of aromatic nitrogens is 3. The molecule has 2 aromatic carbocycles. The minimum Gasteiger partial charge on any atom is -0.369 e. The average molecular weight is 482 g/mol. The van der Waals surface area contributed by atoms with Crippen molar-refractivity contribution in [2.24, 2.45) is 4.99 Å². The summed E-state index contributed by atoms with van der Waals surface area (Å²) < 4.78 is 55.6. The van der Waals surface area contributed by atoms with Gasteiger partial charge in [-0.2, -0.15) is 18.2 Å². The number of halogens is 4. The van der Waals surface area contributed by atoms with E-state index in [-0.39, 0.29) is 11.3 Å². The molecule has 3 aliphatic rings. The molecule has 3 aliphatic heterocycles. The fourth-order valence-corrected chi connectivity index (χ4v) is 4.03. The summed E-state index contributed by atoms with van der Waals surface area (Å²) in [6.07, 6.45) is -2.92. The Morgan fingerprint density at radius 2 is 1.97 bits per heavy atom. The lowest BCUT2D eigenvalue weighted by molar-refractivity contribution is -0.137. The van der Waals surface area contributed by atoms with Gasteiger partial charge in [0.25, 0.3) is 5.91 Å². The first-order valence-corrected chi connectivity index (χ1v) is 10.6. The Labute approximate surface area is 196 Å². The Hall–Kier alpha value is -4.28. The molecule has 0 unspecified atom stereocenters. The van der Waals surface area contributed by atoms with Crippen molar-refractivity contribution in [3.63, 3.8) is 0 Å². The van der Waals surface area contributed by atoms with Crippen LogP contribution in [-0.2, 0) is 12.7 Å². The van der Waals surface area contributed by atoms with Crippen molar-refractivity contribution in [3.05, 3.63) is 77.3 Å². The van der Waals surface area contributed by atoms with Gasteiger partial charge < -0.3 is 15.2 Å². The second kappa shape index (κ2) is 8.49. The topological polar surface area (TPSA) is 84.2 Å². The molecule has 0 saturated heterocycles. The maximum atomic E-state index is 14.6. The molecule has 0 aromatic heterocycles. The number of hydrogen-bond acceptors (Lipinski definition) is 5. The molecule has 0 fully saturated rings. The summed E-state index contributed by atoms with van der Waals surface area (Å²) in [4.78, 5) is 25.5. The molecule has 0 atom stereocenters. The number of amides is 1. The third-order valence-electron chi connectivity index (χ3n) is 5.66. The van der Waals surface area contributed by atoms with Gasteiger partial charge in [0.15, 0.2) is 0 Å². The van der Waals surface area contributed by atoms with Crippen LogP contribution in [0.2, 0.25) is 0 Å². The Morgan fingerprint density at radius 1 is 1.14 bits per heavy atom. The SMILES string of the molecule is CN=c1ncc2cc(-c3ccc(F)c(C(=O)Nc4cccc(C(F)(F)F)c4)c3)c3n(c-2n1)CCN3. The number of carbonyl (C=O) groups excluding carboxylic acids is 1. The standard InChI is InChI=1S/C24H18F4N6O/c1-29-23-31-12-14-10-17(21-30-7-8-34(21)20(14)33-23)13-5-6-19(25)18(9-13)22(35)32-16-4-2-3-15(11-16)24(26,27)28/h2-6,9-12,30H,7-8H2,1H3,(H,32,35). The van der Waals surface area contributed by atoms with Crippen molar-refractivity contribution in [2.75, 3.05) is 24.2 Å². The van der Waals surface area contributed by atoms with Crippen molar-refractivity contribution in [2.45, 2.75) is 12.7 Å². The number of nitrogens with one attached hydrogen (secondary N) is 2. The number of pyridine rings is 1. The third-order valence-corrected chi connectivity index (χ3v) is 5.66. The van der Waals surface area contributed by atoms with Crippen LogP contribution in [0.25, 0.3) is 22.5 Å².